The van der Waals surface area contributed by atoms with Gasteiger partial charge >= 0.3 is 0 Å². The number of benzene rings is 1. The molecule has 0 spiro atoms. The number of halogens is 1. The highest BCUT2D eigenvalue weighted by Crippen LogP contribution is 2.26. The van der Waals surface area contributed by atoms with Crippen LogP contribution < -0.4 is 5.73 Å². The van der Waals surface area contributed by atoms with Gasteiger partial charge in [-0.2, -0.15) is 0 Å². The zero-order valence-corrected chi connectivity index (χ0v) is 11.9. The maximum absolute atomic E-state index is 6.13. The molecule has 2 N–H and O–H groups in total. The quantitative estimate of drug-likeness (QED) is 0.872. The third-order valence-electron chi connectivity index (χ3n) is 3.43. The van der Waals surface area contributed by atoms with Gasteiger partial charge < -0.3 is 5.73 Å². The van der Waals surface area contributed by atoms with Crippen LogP contribution in [0.25, 0.3) is 0 Å². The van der Waals surface area contributed by atoms with E-state index in [0.29, 0.717) is 6.04 Å². The van der Waals surface area contributed by atoms with Crippen LogP contribution in [-0.4, -0.2) is 24.0 Å². The van der Waals surface area contributed by atoms with Crippen LogP contribution in [-0.2, 0) is 0 Å². The minimum Gasteiger partial charge on any atom is -0.326 e. The summed E-state index contributed by atoms with van der Waals surface area (Å²) in [6.45, 7) is 6.48. The lowest BCUT2D eigenvalue weighted by molar-refractivity contribution is 0.161. The van der Waals surface area contributed by atoms with Gasteiger partial charge in [0.2, 0.25) is 0 Å². The van der Waals surface area contributed by atoms with Crippen LogP contribution in [0.15, 0.2) is 24.3 Å². The van der Waals surface area contributed by atoms with Crippen LogP contribution >= 0.6 is 11.6 Å². The second-order valence-corrected chi connectivity index (χ2v) is 5.21. The van der Waals surface area contributed by atoms with E-state index in [9.17, 15) is 0 Å². The third-order valence-corrected chi connectivity index (χ3v) is 3.69. The molecule has 0 aliphatic heterocycles. The summed E-state index contributed by atoms with van der Waals surface area (Å²) < 4.78 is 0. The molecule has 0 amide bonds. The Bertz CT molecular complexity index is 335. The minimum absolute atomic E-state index is 0.0928. The molecule has 0 bridgehead atoms. The molecule has 3 unspecified atom stereocenters. The van der Waals surface area contributed by atoms with Crippen molar-refractivity contribution in [3.8, 4) is 0 Å². The molecule has 0 radical (unpaired) electrons. The summed E-state index contributed by atoms with van der Waals surface area (Å²) in [7, 11) is 2.14. The monoisotopic (exact) mass is 254 g/mol. The summed E-state index contributed by atoms with van der Waals surface area (Å²) in [5.74, 6) is 0. The Morgan fingerprint density at radius 3 is 2.18 bits per heavy atom. The molecule has 0 heterocycles. The second-order valence-electron chi connectivity index (χ2n) is 4.78. The van der Waals surface area contributed by atoms with Crippen molar-refractivity contribution in [3.63, 3.8) is 0 Å². The Balaban J connectivity index is 2.97. The van der Waals surface area contributed by atoms with Crippen molar-refractivity contribution in [3.05, 3.63) is 34.9 Å². The van der Waals surface area contributed by atoms with Gasteiger partial charge in [0, 0.05) is 23.1 Å². The van der Waals surface area contributed by atoms with Crippen molar-refractivity contribution in [2.45, 2.75) is 45.3 Å². The smallest absolute Gasteiger partial charge is 0.0496 e. The van der Waals surface area contributed by atoms with Crippen molar-refractivity contribution in [1.29, 1.82) is 0 Å². The Kier molecular flexibility index (Phi) is 5.44. The highest BCUT2D eigenvalue weighted by Gasteiger charge is 2.23. The Morgan fingerprint density at radius 2 is 1.76 bits per heavy atom. The molecule has 1 aromatic carbocycles. The summed E-state index contributed by atoms with van der Waals surface area (Å²) in [5, 5.41) is 0.767. The fourth-order valence-corrected chi connectivity index (χ4v) is 2.26. The van der Waals surface area contributed by atoms with Gasteiger partial charge in [-0.15, -0.1) is 0 Å². The van der Waals surface area contributed by atoms with Crippen LogP contribution in [0.3, 0.4) is 0 Å². The fourth-order valence-electron chi connectivity index (χ4n) is 2.13. The number of hydrogen-bond acceptors (Lipinski definition) is 2. The van der Waals surface area contributed by atoms with Crippen LogP contribution in [0.5, 0.6) is 0 Å². The number of rotatable bonds is 5. The summed E-state index contributed by atoms with van der Waals surface area (Å²) in [6, 6.07) is 8.83. The average molecular weight is 255 g/mol. The summed E-state index contributed by atoms with van der Waals surface area (Å²) in [6.07, 6.45) is 1.12. The van der Waals surface area contributed by atoms with E-state index < -0.39 is 0 Å². The van der Waals surface area contributed by atoms with Gasteiger partial charge in [-0.1, -0.05) is 30.7 Å². The zero-order chi connectivity index (χ0) is 13.0. The maximum atomic E-state index is 6.13. The van der Waals surface area contributed by atoms with E-state index in [1.807, 2.05) is 12.1 Å². The highest BCUT2D eigenvalue weighted by molar-refractivity contribution is 6.30. The van der Waals surface area contributed by atoms with E-state index in [1.165, 1.54) is 5.56 Å². The van der Waals surface area contributed by atoms with Crippen LogP contribution in [0.4, 0.5) is 0 Å². The van der Waals surface area contributed by atoms with Gasteiger partial charge in [0.25, 0.3) is 0 Å². The van der Waals surface area contributed by atoms with Gasteiger partial charge in [0.15, 0.2) is 0 Å². The largest absolute Gasteiger partial charge is 0.326 e. The molecule has 1 rings (SSSR count). The maximum Gasteiger partial charge on any atom is 0.0496 e. The molecule has 0 saturated heterocycles. The molecule has 0 saturated carbocycles. The Labute approximate surface area is 110 Å². The average Bonchev–Trinajstić information content (AvgIpc) is 2.30. The first kappa shape index (κ1) is 14.5. The van der Waals surface area contributed by atoms with Crippen molar-refractivity contribution in [2.75, 3.05) is 7.05 Å². The lowest BCUT2D eigenvalue weighted by Gasteiger charge is -2.35. The van der Waals surface area contributed by atoms with Gasteiger partial charge in [-0.3, -0.25) is 4.90 Å². The summed E-state index contributed by atoms with van der Waals surface area (Å²) in [4.78, 5) is 2.34. The van der Waals surface area contributed by atoms with Crippen molar-refractivity contribution in [1.82, 2.24) is 4.90 Å². The minimum atomic E-state index is 0.0928. The van der Waals surface area contributed by atoms with Gasteiger partial charge in [-0.05, 0) is 45.0 Å². The van der Waals surface area contributed by atoms with Crippen molar-refractivity contribution >= 4 is 11.6 Å². The Hall–Kier alpha value is -0.570. The number of hydrogen-bond donors (Lipinski definition) is 1. The first-order chi connectivity index (χ1) is 7.97. The molecule has 0 aliphatic rings. The van der Waals surface area contributed by atoms with Crippen LogP contribution in [0.2, 0.25) is 5.02 Å². The molecule has 0 fully saturated rings. The van der Waals surface area contributed by atoms with Crippen LogP contribution in [0, 0.1) is 0 Å². The van der Waals surface area contributed by atoms with Crippen molar-refractivity contribution in [2.24, 2.45) is 5.73 Å². The molecule has 17 heavy (non-hydrogen) atoms. The normalized spacial score (nSPS) is 16.9. The number of nitrogens with two attached hydrogens (primary N) is 1. The number of likely N-dealkylation sites (N-methyl/N-ethyl adjacent to an activating group) is 1. The first-order valence-corrected chi connectivity index (χ1v) is 6.58. The fraction of sp³-hybridized carbons (Fsp3) is 0.571. The van der Waals surface area contributed by atoms with Gasteiger partial charge in [0.05, 0.1) is 0 Å². The lowest BCUT2D eigenvalue weighted by atomic mass is 9.98. The van der Waals surface area contributed by atoms with E-state index in [4.69, 9.17) is 17.3 Å². The zero-order valence-electron chi connectivity index (χ0n) is 11.2. The molecule has 96 valence electrons. The molecule has 2 nitrogen and oxygen atoms in total. The van der Waals surface area contributed by atoms with E-state index >= 15 is 0 Å². The van der Waals surface area contributed by atoms with Gasteiger partial charge in [-0.25, -0.2) is 0 Å². The molecule has 0 aromatic heterocycles. The number of nitrogens with zero attached hydrogens (tertiary/aromatic N) is 1. The topological polar surface area (TPSA) is 29.3 Å². The molecule has 3 atom stereocenters. The molecule has 1 aromatic rings. The second kappa shape index (κ2) is 6.39. The highest BCUT2D eigenvalue weighted by atomic mass is 35.5. The van der Waals surface area contributed by atoms with Crippen LogP contribution in [0.1, 0.15) is 38.8 Å². The molecule has 3 heteroatoms. The predicted octanol–water partition coefficient (Wildman–Crippen LogP) is 3.46. The van der Waals surface area contributed by atoms with Gasteiger partial charge in [0.1, 0.15) is 0 Å². The SMILES string of the molecule is CCC(C)N(C)C(c1ccc(Cl)cc1)C(C)N. The predicted molar refractivity (Wildman–Crippen MR) is 75.4 cm³/mol. The first-order valence-electron chi connectivity index (χ1n) is 6.20. The summed E-state index contributed by atoms with van der Waals surface area (Å²) >= 11 is 5.92. The van der Waals surface area contributed by atoms with Crippen molar-refractivity contribution < 1.29 is 0 Å². The van der Waals surface area contributed by atoms with E-state index in [2.05, 4.69) is 44.9 Å². The van der Waals surface area contributed by atoms with E-state index in [1.54, 1.807) is 0 Å². The Morgan fingerprint density at radius 1 is 1.24 bits per heavy atom. The van der Waals surface area contributed by atoms with E-state index in [0.717, 1.165) is 11.4 Å². The summed E-state index contributed by atoms with van der Waals surface area (Å²) in [5.41, 5.74) is 7.35. The lowest BCUT2D eigenvalue weighted by Crippen LogP contribution is -2.41. The molecule has 0 aliphatic carbocycles. The standard InChI is InChI=1S/C14H23ClN2/c1-5-10(2)17(4)14(11(3)16)12-6-8-13(15)9-7-12/h6-11,14H,5,16H2,1-4H3. The third kappa shape index (κ3) is 3.70. The van der Waals surface area contributed by atoms with E-state index in [-0.39, 0.29) is 12.1 Å². The molecular weight excluding hydrogens is 232 g/mol. The molecular formula is C14H23ClN2.